The van der Waals surface area contributed by atoms with Gasteiger partial charge in [-0.1, -0.05) is 29.8 Å². The van der Waals surface area contributed by atoms with Gasteiger partial charge in [-0.15, -0.1) is 0 Å². The van der Waals surface area contributed by atoms with E-state index >= 15 is 0 Å². The number of carboxylic acid groups (broad SMARTS) is 1. The smallest absolute Gasteiger partial charge is 0.307 e. The number of carbonyl (C=O) groups is 1. The molecule has 0 fully saturated rings. The molecule has 0 saturated heterocycles. The maximum absolute atomic E-state index is 11.6. The van der Waals surface area contributed by atoms with E-state index in [1.807, 2.05) is 45.2 Å². The molecule has 4 nitrogen and oxygen atoms in total. The molecule has 0 bridgehead atoms. The van der Waals surface area contributed by atoms with Gasteiger partial charge in [0.05, 0.1) is 21.8 Å². The summed E-state index contributed by atoms with van der Waals surface area (Å²) in [5, 5.41) is 13.8. The molecule has 1 atom stereocenters. The second-order valence-electron chi connectivity index (χ2n) is 5.40. The number of rotatable bonds is 5. The first-order valence-electron chi connectivity index (χ1n) is 6.84. The third-order valence-electron chi connectivity index (χ3n) is 3.65. The number of hydrogen-bond acceptors (Lipinski definition) is 2. The number of halogens is 1. The number of carboxylic acids is 1. The first kappa shape index (κ1) is 15.8. The Kier molecular flexibility index (Phi) is 4.83. The zero-order valence-corrected chi connectivity index (χ0v) is 14.0. The zero-order chi connectivity index (χ0) is 15.6. The molecule has 0 radical (unpaired) electrons. The molecule has 21 heavy (non-hydrogen) atoms. The average Bonchev–Trinajstić information content (AvgIpc) is 2.66. The van der Waals surface area contributed by atoms with Crippen LogP contribution in [-0.2, 0) is 24.7 Å². The van der Waals surface area contributed by atoms with Gasteiger partial charge in [0.2, 0.25) is 0 Å². The molecule has 5 heteroatoms. The molecule has 1 heterocycles. The predicted octanol–water partition coefficient (Wildman–Crippen LogP) is 3.29. The largest absolute Gasteiger partial charge is 0.481 e. The van der Waals surface area contributed by atoms with Crippen LogP contribution in [0.3, 0.4) is 0 Å². The Balaban J connectivity index is 2.20. The number of aryl methyl sites for hydroxylation is 3. The van der Waals surface area contributed by atoms with Crippen LogP contribution in [-0.4, -0.2) is 20.9 Å². The lowest BCUT2D eigenvalue weighted by molar-refractivity contribution is -0.141. The Morgan fingerprint density at radius 2 is 1.90 bits per heavy atom. The van der Waals surface area contributed by atoms with E-state index in [1.165, 1.54) is 5.56 Å². The fourth-order valence-corrected chi connectivity index (χ4v) is 2.89. The van der Waals surface area contributed by atoms with Crippen molar-refractivity contribution in [3.05, 3.63) is 51.3 Å². The minimum Gasteiger partial charge on any atom is -0.481 e. The van der Waals surface area contributed by atoms with Crippen LogP contribution in [0.5, 0.6) is 0 Å². The number of aliphatic carboxylic acids is 1. The fraction of sp³-hybridized carbons (Fsp3) is 0.375. The standard InChI is InChI=1S/C16H19BrN2O2/c1-10-4-6-12(7-5-10)8-13(16(20)21)9-14-15(17)11(2)18-19(14)3/h4-7,13H,8-9H2,1-3H3,(H,20,21). The number of hydrogen-bond donors (Lipinski definition) is 1. The van der Waals surface area contributed by atoms with Crippen LogP contribution in [0.4, 0.5) is 0 Å². The Bertz CT molecular complexity index is 647. The molecule has 0 aliphatic heterocycles. The molecular formula is C16H19BrN2O2. The van der Waals surface area contributed by atoms with Crippen molar-refractivity contribution in [1.29, 1.82) is 0 Å². The summed E-state index contributed by atoms with van der Waals surface area (Å²) in [5.41, 5.74) is 4.03. The molecule has 1 unspecified atom stereocenters. The van der Waals surface area contributed by atoms with E-state index in [4.69, 9.17) is 0 Å². The molecule has 0 saturated carbocycles. The van der Waals surface area contributed by atoms with Crippen molar-refractivity contribution in [2.75, 3.05) is 0 Å². The Hall–Kier alpha value is -1.62. The summed E-state index contributed by atoms with van der Waals surface area (Å²) in [7, 11) is 1.85. The highest BCUT2D eigenvalue weighted by Gasteiger charge is 2.22. The topological polar surface area (TPSA) is 55.1 Å². The van der Waals surface area contributed by atoms with Crippen LogP contribution in [0, 0.1) is 19.8 Å². The maximum Gasteiger partial charge on any atom is 0.307 e. The number of aromatic nitrogens is 2. The lowest BCUT2D eigenvalue weighted by Gasteiger charge is -2.13. The quantitative estimate of drug-likeness (QED) is 0.899. The second-order valence-corrected chi connectivity index (χ2v) is 6.19. The van der Waals surface area contributed by atoms with Crippen LogP contribution in [0.2, 0.25) is 0 Å². The maximum atomic E-state index is 11.6. The van der Waals surface area contributed by atoms with E-state index in [-0.39, 0.29) is 0 Å². The highest BCUT2D eigenvalue weighted by Crippen LogP contribution is 2.24. The van der Waals surface area contributed by atoms with Crippen LogP contribution in [0.25, 0.3) is 0 Å². The van der Waals surface area contributed by atoms with Crippen molar-refractivity contribution >= 4 is 21.9 Å². The Labute approximate surface area is 132 Å². The summed E-state index contributed by atoms with van der Waals surface area (Å²) in [4.78, 5) is 11.6. The lowest BCUT2D eigenvalue weighted by Crippen LogP contribution is -2.20. The highest BCUT2D eigenvalue weighted by atomic mass is 79.9. The van der Waals surface area contributed by atoms with Gasteiger partial charge in [-0.3, -0.25) is 9.48 Å². The van der Waals surface area contributed by atoms with Gasteiger partial charge < -0.3 is 5.11 Å². The predicted molar refractivity (Wildman–Crippen MR) is 85.4 cm³/mol. The molecular weight excluding hydrogens is 332 g/mol. The molecule has 0 spiro atoms. The molecule has 2 aromatic rings. The van der Waals surface area contributed by atoms with Crippen molar-refractivity contribution < 1.29 is 9.90 Å². The number of benzene rings is 1. The van der Waals surface area contributed by atoms with Crippen LogP contribution >= 0.6 is 15.9 Å². The molecule has 0 aliphatic rings. The molecule has 0 amide bonds. The van der Waals surface area contributed by atoms with Gasteiger partial charge in [0.15, 0.2) is 0 Å². The van der Waals surface area contributed by atoms with Gasteiger partial charge in [-0.25, -0.2) is 0 Å². The third kappa shape index (κ3) is 3.73. The SMILES string of the molecule is Cc1ccc(CC(Cc2c(Br)c(C)nn2C)C(=O)O)cc1. The van der Waals surface area contributed by atoms with E-state index in [0.717, 1.165) is 21.4 Å². The van der Waals surface area contributed by atoms with E-state index in [0.29, 0.717) is 12.8 Å². The summed E-state index contributed by atoms with van der Waals surface area (Å²) in [6.07, 6.45) is 0.980. The summed E-state index contributed by atoms with van der Waals surface area (Å²) in [6, 6.07) is 8.01. The van der Waals surface area contributed by atoms with Crippen molar-refractivity contribution in [2.24, 2.45) is 13.0 Å². The van der Waals surface area contributed by atoms with Crippen LogP contribution in [0.1, 0.15) is 22.5 Å². The van der Waals surface area contributed by atoms with E-state index in [1.54, 1.807) is 4.68 Å². The number of nitrogens with zero attached hydrogens (tertiary/aromatic N) is 2. The van der Waals surface area contributed by atoms with E-state index < -0.39 is 11.9 Å². The minimum absolute atomic E-state index is 0.459. The third-order valence-corrected chi connectivity index (χ3v) is 4.68. The van der Waals surface area contributed by atoms with Gasteiger partial charge in [0.25, 0.3) is 0 Å². The Morgan fingerprint density at radius 3 is 2.38 bits per heavy atom. The first-order chi connectivity index (χ1) is 9.88. The van der Waals surface area contributed by atoms with E-state index in [9.17, 15) is 9.90 Å². The molecule has 1 aromatic carbocycles. The normalized spacial score (nSPS) is 12.4. The van der Waals surface area contributed by atoms with Crippen molar-refractivity contribution in [3.63, 3.8) is 0 Å². The summed E-state index contributed by atoms with van der Waals surface area (Å²) in [5.74, 6) is -1.24. The summed E-state index contributed by atoms with van der Waals surface area (Å²) >= 11 is 3.50. The first-order valence-corrected chi connectivity index (χ1v) is 7.64. The monoisotopic (exact) mass is 350 g/mol. The van der Waals surface area contributed by atoms with Gasteiger partial charge in [0, 0.05) is 13.5 Å². The molecule has 2 rings (SSSR count). The van der Waals surface area contributed by atoms with Gasteiger partial charge in [-0.05, 0) is 41.8 Å². The zero-order valence-electron chi connectivity index (χ0n) is 12.4. The van der Waals surface area contributed by atoms with Gasteiger partial charge in [0.1, 0.15) is 0 Å². The van der Waals surface area contributed by atoms with E-state index in [2.05, 4.69) is 21.0 Å². The van der Waals surface area contributed by atoms with Crippen molar-refractivity contribution in [3.8, 4) is 0 Å². The lowest BCUT2D eigenvalue weighted by atomic mass is 9.94. The van der Waals surface area contributed by atoms with Crippen molar-refractivity contribution in [2.45, 2.75) is 26.7 Å². The van der Waals surface area contributed by atoms with Crippen LogP contribution < -0.4 is 0 Å². The summed E-state index contributed by atoms with van der Waals surface area (Å²) < 4.78 is 2.66. The molecule has 1 aromatic heterocycles. The highest BCUT2D eigenvalue weighted by molar-refractivity contribution is 9.10. The Morgan fingerprint density at radius 1 is 1.29 bits per heavy atom. The van der Waals surface area contributed by atoms with Crippen LogP contribution in [0.15, 0.2) is 28.7 Å². The molecule has 0 aliphatic carbocycles. The average molecular weight is 351 g/mol. The fourth-order valence-electron chi connectivity index (χ4n) is 2.39. The minimum atomic E-state index is -0.777. The van der Waals surface area contributed by atoms with Crippen molar-refractivity contribution in [1.82, 2.24) is 9.78 Å². The second kappa shape index (κ2) is 6.43. The van der Waals surface area contributed by atoms with Gasteiger partial charge >= 0.3 is 5.97 Å². The molecule has 112 valence electrons. The van der Waals surface area contributed by atoms with Gasteiger partial charge in [-0.2, -0.15) is 5.10 Å². The molecule has 1 N–H and O–H groups in total. The summed E-state index contributed by atoms with van der Waals surface area (Å²) in [6.45, 7) is 3.93.